The molecule has 0 aliphatic heterocycles. The molecule has 0 aromatic carbocycles. The second kappa shape index (κ2) is 5.96. The van der Waals surface area contributed by atoms with Crippen LogP contribution in [0.25, 0.3) is 0 Å². The third-order valence-electron chi connectivity index (χ3n) is 2.18. The van der Waals surface area contributed by atoms with E-state index in [9.17, 15) is 0 Å². The third kappa shape index (κ3) is 5.23. The van der Waals surface area contributed by atoms with Gasteiger partial charge in [-0.15, -0.1) is 5.10 Å². The van der Waals surface area contributed by atoms with Gasteiger partial charge < -0.3 is 10.4 Å². The molecule has 0 aliphatic carbocycles. The van der Waals surface area contributed by atoms with E-state index in [1.54, 1.807) is 0 Å². The van der Waals surface area contributed by atoms with E-state index in [1.165, 1.54) is 0 Å². The molecule has 5 nitrogen and oxygen atoms in total. The van der Waals surface area contributed by atoms with Crippen LogP contribution in [0.4, 0.5) is 0 Å². The summed E-state index contributed by atoms with van der Waals surface area (Å²) in [6.07, 6.45) is 3.71. The molecule has 0 saturated heterocycles. The van der Waals surface area contributed by atoms with Crippen LogP contribution in [0, 0.1) is 0 Å². The minimum atomic E-state index is 0.0979. The first-order valence-corrected chi connectivity index (χ1v) is 5.76. The van der Waals surface area contributed by atoms with Crippen LogP contribution in [-0.2, 0) is 13.1 Å². The minimum absolute atomic E-state index is 0.0979. The molecular weight excluding hydrogens is 204 g/mol. The molecule has 16 heavy (non-hydrogen) atoms. The van der Waals surface area contributed by atoms with Gasteiger partial charge >= 0.3 is 0 Å². The lowest BCUT2D eigenvalue weighted by atomic mass is 10.1. The van der Waals surface area contributed by atoms with E-state index in [-0.39, 0.29) is 12.1 Å². The van der Waals surface area contributed by atoms with Crippen LogP contribution < -0.4 is 5.32 Å². The van der Waals surface area contributed by atoms with Gasteiger partial charge in [0, 0.05) is 31.4 Å². The lowest BCUT2D eigenvalue weighted by molar-refractivity contribution is 0.280. The van der Waals surface area contributed by atoms with Gasteiger partial charge in [-0.25, -0.2) is 0 Å². The van der Waals surface area contributed by atoms with Crippen molar-refractivity contribution in [1.29, 1.82) is 0 Å². The quantitative estimate of drug-likeness (QED) is 0.709. The van der Waals surface area contributed by atoms with Gasteiger partial charge in [0.05, 0.1) is 5.69 Å². The molecule has 5 heteroatoms. The highest BCUT2D eigenvalue weighted by Gasteiger charge is 2.09. The molecule has 1 heterocycles. The van der Waals surface area contributed by atoms with E-state index in [0.717, 1.165) is 31.6 Å². The van der Waals surface area contributed by atoms with E-state index in [0.29, 0.717) is 0 Å². The number of nitrogens with zero attached hydrogens (tertiary/aromatic N) is 3. The second-order valence-electron chi connectivity index (χ2n) is 5.01. The summed E-state index contributed by atoms with van der Waals surface area (Å²) < 4.78 is 1.83. The van der Waals surface area contributed by atoms with Gasteiger partial charge in [0.2, 0.25) is 0 Å². The molecule has 0 fully saturated rings. The fraction of sp³-hybridized carbons (Fsp3) is 0.818. The fourth-order valence-electron chi connectivity index (χ4n) is 1.27. The molecule has 0 bridgehead atoms. The summed E-state index contributed by atoms with van der Waals surface area (Å²) in [6.45, 7) is 8.18. The fourth-order valence-corrected chi connectivity index (χ4v) is 1.27. The van der Waals surface area contributed by atoms with Crippen LogP contribution in [-0.4, -0.2) is 32.2 Å². The summed E-state index contributed by atoms with van der Waals surface area (Å²) in [4.78, 5) is 0. The monoisotopic (exact) mass is 226 g/mol. The summed E-state index contributed by atoms with van der Waals surface area (Å²) in [5.74, 6) is 0. The van der Waals surface area contributed by atoms with Crippen molar-refractivity contribution in [2.45, 2.75) is 52.2 Å². The van der Waals surface area contributed by atoms with Gasteiger partial charge in [0.15, 0.2) is 0 Å². The predicted molar refractivity (Wildman–Crippen MR) is 62.9 cm³/mol. The molecule has 1 rings (SSSR count). The lowest BCUT2D eigenvalue weighted by Gasteiger charge is -2.19. The van der Waals surface area contributed by atoms with Gasteiger partial charge in [-0.05, 0) is 33.6 Å². The molecule has 0 atom stereocenters. The Hall–Kier alpha value is -0.940. The van der Waals surface area contributed by atoms with Crippen LogP contribution >= 0.6 is 0 Å². The summed E-state index contributed by atoms with van der Waals surface area (Å²) in [7, 11) is 0. The highest BCUT2D eigenvalue weighted by Crippen LogP contribution is 2.02. The van der Waals surface area contributed by atoms with Gasteiger partial charge in [0.1, 0.15) is 0 Å². The molecule has 0 aliphatic rings. The Kier molecular flexibility index (Phi) is 4.89. The van der Waals surface area contributed by atoms with Gasteiger partial charge in [-0.1, -0.05) is 5.21 Å². The van der Waals surface area contributed by atoms with E-state index in [4.69, 9.17) is 5.11 Å². The lowest BCUT2D eigenvalue weighted by Crippen LogP contribution is -2.35. The highest BCUT2D eigenvalue weighted by molar-refractivity contribution is 4.92. The average Bonchev–Trinajstić information content (AvgIpc) is 2.62. The Labute approximate surface area is 96.9 Å². The average molecular weight is 226 g/mol. The summed E-state index contributed by atoms with van der Waals surface area (Å²) >= 11 is 0. The molecule has 0 unspecified atom stereocenters. The number of nitrogens with one attached hydrogen (secondary N) is 1. The first kappa shape index (κ1) is 13.1. The zero-order valence-corrected chi connectivity index (χ0v) is 10.4. The van der Waals surface area contributed by atoms with Crippen LogP contribution in [0.2, 0.25) is 0 Å². The molecule has 0 saturated carbocycles. The largest absolute Gasteiger partial charge is 0.396 e. The molecule has 92 valence electrons. The number of unbranched alkanes of at least 4 members (excludes halogenated alkanes) is 1. The molecule has 1 aromatic rings. The Morgan fingerprint density at radius 2 is 2.12 bits per heavy atom. The van der Waals surface area contributed by atoms with Crippen LogP contribution in [0.5, 0.6) is 0 Å². The number of aryl methyl sites for hydroxylation is 1. The number of aliphatic hydroxyl groups is 1. The minimum Gasteiger partial charge on any atom is -0.396 e. The van der Waals surface area contributed by atoms with E-state index >= 15 is 0 Å². The summed E-state index contributed by atoms with van der Waals surface area (Å²) in [6, 6.07) is 0. The molecule has 0 amide bonds. The van der Waals surface area contributed by atoms with Crippen molar-refractivity contribution in [3.63, 3.8) is 0 Å². The van der Waals surface area contributed by atoms with Gasteiger partial charge in [-0.2, -0.15) is 0 Å². The van der Waals surface area contributed by atoms with Gasteiger partial charge in [-0.3, -0.25) is 4.68 Å². The van der Waals surface area contributed by atoms with Crippen molar-refractivity contribution in [2.24, 2.45) is 0 Å². The zero-order valence-electron chi connectivity index (χ0n) is 10.4. The molecule has 0 spiro atoms. The molecule has 2 N–H and O–H groups in total. The first-order chi connectivity index (χ1) is 7.51. The van der Waals surface area contributed by atoms with Crippen molar-refractivity contribution >= 4 is 0 Å². The molecular formula is C11H22N4O. The second-order valence-corrected chi connectivity index (χ2v) is 5.01. The first-order valence-electron chi connectivity index (χ1n) is 5.76. The van der Waals surface area contributed by atoms with Crippen molar-refractivity contribution in [1.82, 2.24) is 20.3 Å². The number of hydrogen-bond acceptors (Lipinski definition) is 4. The van der Waals surface area contributed by atoms with Crippen LogP contribution in [0.15, 0.2) is 6.20 Å². The predicted octanol–water partition coefficient (Wildman–Crippen LogP) is 0.939. The molecule has 1 aromatic heterocycles. The topological polar surface area (TPSA) is 63.0 Å². The Morgan fingerprint density at radius 1 is 1.38 bits per heavy atom. The number of rotatable bonds is 6. The Morgan fingerprint density at radius 3 is 2.75 bits per heavy atom. The zero-order chi connectivity index (χ0) is 12.0. The van der Waals surface area contributed by atoms with Crippen molar-refractivity contribution in [2.75, 3.05) is 6.61 Å². The highest BCUT2D eigenvalue weighted by atomic mass is 16.2. The van der Waals surface area contributed by atoms with Crippen molar-refractivity contribution in [3.05, 3.63) is 11.9 Å². The SMILES string of the molecule is CC(C)(C)NCc1cn(CCCCO)nn1. The molecule has 0 radical (unpaired) electrons. The standard InChI is InChI=1S/C11H22N4O/c1-11(2,3)12-8-10-9-15(14-13-10)6-4-5-7-16/h9,12,16H,4-8H2,1-3H3. The maximum absolute atomic E-state index is 8.67. The van der Waals surface area contributed by atoms with Gasteiger partial charge in [0.25, 0.3) is 0 Å². The number of hydrogen-bond donors (Lipinski definition) is 2. The Balaban J connectivity index is 2.33. The number of aromatic nitrogens is 3. The summed E-state index contributed by atoms with van der Waals surface area (Å²) in [5, 5.41) is 20.2. The van der Waals surface area contributed by atoms with E-state index in [2.05, 4.69) is 36.4 Å². The van der Waals surface area contributed by atoms with E-state index < -0.39 is 0 Å². The third-order valence-corrected chi connectivity index (χ3v) is 2.18. The maximum Gasteiger partial charge on any atom is 0.0965 e. The smallest absolute Gasteiger partial charge is 0.0965 e. The van der Waals surface area contributed by atoms with Crippen molar-refractivity contribution < 1.29 is 5.11 Å². The normalized spacial score (nSPS) is 12.0. The van der Waals surface area contributed by atoms with Crippen LogP contribution in [0.3, 0.4) is 0 Å². The van der Waals surface area contributed by atoms with Crippen LogP contribution in [0.1, 0.15) is 39.3 Å². The summed E-state index contributed by atoms with van der Waals surface area (Å²) in [5.41, 5.74) is 1.06. The Bertz CT molecular complexity index is 303. The van der Waals surface area contributed by atoms with E-state index in [1.807, 2.05) is 10.9 Å². The van der Waals surface area contributed by atoms with Crippen molar-refractivity contribution in [3.8, 4) is 0 Å². The number of aliphatic hydroxyl groups excluding tert-OH is 1. The maximum atomic E-state index is 8.67.